The van der Waals surface area contributed by atoms with Crippen molar-refractivity contribution in [3.8, 4) is 11.5 Å². The smallest absolute Gasteiger partial charge is 0.339 e. The monoisotopic (exact) mass is 333 g/mol. The van der Waals surface area contributed by atoms with E-state index in [9.17, 15) is 9.90 Å². The van der Waals surface area contributed by atoms with Crippen LogP contribution in [0.2, 0.25) is 5.02 Å². The van der Waals surface area contributed by atoms with Crippen LogP contribution in [-0.4, -0.2) is 24.0 Å². The number of benzene rings is 2. The van der Waals surface area contributed by atoms with Gasteiger partial charge in [0, 0.05) is 10.7 Å². The molecule has 0 atom stereocenters. The molecule has 2 aromatic rings. The molecule has 0 saturated heterocycles. The predicted octanol–water partition coefficient (Wildman–Crippen LogP) is 3.60. The van der Waals surface area contributed by atoms with Crippen molar-refractivity contribution in [3.63, 3.8) is 0 Å². The maximum atomic E-state index is 11.7. The zero-order valence-electron chi connectivity index (χ0n) is 12.4. The number of urea groups is 1. The zero-order chi connectivity index (χ0) is 16.7. The van der Waals surface area contributed by atoms with E-state index in [4.69, 9.17) is 16.3 Å². The van der Waals surface area contributed by atoms with Crippen molar-refractivity contribution in [2.45, 2.75) is 6.92 Å². The number of amides is 2. The summed E-state index contributed by atoms with van der Waals surface area (Å²) in [6.07, 6.45) is 1.45. The highest BCUT2D eigenvalue weighted by molar-refractivity contribution is 6.30. The van der Waals surface area contributed by atoms with E-state index in [1.165, 1.54) is 12.3 Å². The number of hydrogen-bond donors (Lipinski definition) is 3. The van der Waals surface area contributed by atoms with Crippen molar-refractivity contribution in [2.75, 3.05) is 11.9 Å². The molecule has 0 bridgehead atoms. The highest BCUT2D eigenvalue weighted by atomic mass is 35.5. The molecule has 0 radical (unpaired) electrons. The summed E-state index contributed by atoms with van der Waals surface area (Å²) in [5.41, 5.74) is 3.62. The minimum Gasteiger partial charge on any atom is -0.504 e. The van der Waals surface area contributed by atoms with E-state index < -0.39 is 6.03 Å². The molecule has 7 heteroatoms. The average Bonchev–Trinajstić information content (AvgIpc) is 2.53. The number of halogens is 1. The van der Waals surface area contributed by atoms with E-state index in [-0.39, 0.29) is 5.75 Å². The molecule has 0 unspecified atom stereocenters. The normalized spacial score (nSPS) is 10.5. The fourth-order valence-corrected chi connectivity index (χ4v) is 1.87. The van der Waals surface area contributed by atoms with Crippen LogP contribution in [0.4, 0.5) is 10.5 Å². The van der Waals surface area contributed by atoms with Gasteiger partial charge in [0.15, 0.2) is 11.5 Å². The maximum absolute atomic E-state index is 11.7. The lowest BCUT2D eigenvalue weighted by Crippen LogP contribution is -2.24. The molecule has 0 aromatic heterocycles. The third kappa shape index (κ3) is 5.19. The van der Waals surface area contributed by atoms with E-state index in [1.807, 2.05) is 6.92 Å². The number of phenols is 1. The third-order valence-corrected chi connectivity index (χ3v) is 3.02. The number of phenolic OH excluding ortho intramolecular Hbond substituents is 1. The summed E-state index contributed by atoms with van der Waals surface area (Å²) in [6, 6.07) is 11.0. The van der Waals surface area contributed by atoms with E-state index in [0.29, 0.717) is 28.6 Å². The quantitative estimate of drug-likeness (QED) is 0.577. The minimum atomic E-state index is -0.479. The van der Waals surface area contributed by atoms with Gasteiger partial charge in [-0.05, 0) is 55.0 Å². The summed E-state index contributed by atoms with van der Waals surface area (Å²) in [5.74, 6) is 0.416. The number of hydrazone groups is 1. The lowest BCUT2D eigenvalue weighted by molar-refractivity contribution is 0.252. The molecule has 0 aliphatic rings. The van der Waals surface area contributed by atoms with Crippen LogP contribution >= 0.6 is 11.6 Å². The van der Waals surface area contributed by atoms with Gasteiger partial charge in [-0.2, -0.15) is 5.10 Å². The molecule has 2 rings (SSSR count). The van der Waals surface area contributed by atoms with Crippen LogP contribution in [-0.2, 0) is 0 Å². The molecule has 23 heavy (non-hydrogen) atoms. The summed E-state index contributed by atoms with van der Waals surface area (Å²) < 4.78 is 5.27. The number of nitrogens with zero attached hydrogens (tertiary/aromatic N) is 1. The largest absolute Gasteiger partial charge is 0.504 e. The second-order valence-electron chi connectivity index (χ2n) is 4.49. The minimum absolute atomic E-state index is 0.0532. The Morgan fingerprint density at radius 3 is 2.74 bits per heavy atom. The van der Waals surface area contributed by atoms with Gasteiger partial charge >= 0.3 is 6.03 Å². The number of nitrogens with one attached hydrogen (secondary N) is 2. The van der Waals surface area contributed by atoms with Crippen molar-refractivity contribution < 1.29 is 14.6 Å². The maximum Gasteiger partial charge on any atom is 0.339 e. The first-order chi connectivity index (χ1) is 11.1. The van der Waals surface area contributed by atoms with Gasteiger partial charge < -0.3 is 15.2 Å². The van der Waals surface area contributed by atoms with E-state index >= 15 is 0 Å². The lowest BCUT2D eigenvalue weighted by atomic mass is 10.2. The summed E-state index contributed by atoms with van der Waals surface area (Å²) >= 11 is 5.77. The first-order valence-corrected chi connectivity index (χ1v) is 7.27. The lowest BCUT2D eigenvalue weighted by Gasteiger charge is -2.06. The summed E-state index contributed by atoms with van der Waals surface area (Å²) in [7, 11) is 0. The van der Waals surface area contributed by atoms with Gasteiger partial charge in [0.2, 0.25) is 0 Å². The topological polar surface area (TPSA) is 83.0 Å². The van der Waals surface area contributed by atoms with E-state index in [1.54, 1.807) is 36.4 Å². The van der Waals surface area contributed by atoms with Crippen LogP contribution in [0.15, 0.2) is 47.6 Å². The Balaban J connectivity index is 1.91. The SMILES string of the molecule is CCOc1cc(/C=N/NC(=O)Nc2ccc(Cl)cc2)ccc1O. The van der Waals surface area contributed by atoms with Gasteiger partial charge in [0.1, 0.15) is 0 Å². The Labute approximate surface area is 138 Å². The van der Waals surface area contributed by atoms with Crippen molar-refractivity contribution >= 4 is 29.5 Å². The van der Waals surface area contributed by atoms with Crippen LogP contribution in [0.25, 0.3) is 0 Å². The predicted molar refractivity (Wildman–Crippen MR) is 90.5 cm³/mol. The molecule has 0 aliphatic carbocycles. The molecule has 0 fully saturated rings. The number of carbonyl (C=O) groups is 1. The molecule has 3 N–H and O–H groups in total. The zero-order valence-corrected chi connectivity index (χ0v) is 13.2. The first-order valence-electron chi connectivity index (χ1n) is 6.90. The number of rotatable bonds is 5. The van der Waals surface area contributed by atoms with Crippen molar-refractivity contribution in [2.24, 2.45) is 5.10 Å². The fourth-order valence-electron chi connectivity index (χ4n) is 1.74. The Morgan fingerprint density at radius 2 is 2.04 bits per heavy atom. The fraction of sp³-hybridized carbons (Fsp3) is 0.125. The number of anilines is 1. The number of carbonyl (C=O) groups excluding carboxylic acids is 1. The number of hydrogen-bond acceptors (Lipinski definition) is 4. The van der Waals surface area contributed by atoms with Crippen molar-refractivity contribution in [3.05, 3.63) is 53.1 Å². The molecule has 0 spiro atoms. The molecule has 120 valence electrons. The van der Waals surface area contributed by atoms with E-state index in [0.717, 1.165) is 0 Å². The molecule has 0 heterocycles. The third-order valence-electron chi connectivity index (χ3n) is 2.77. The highest BCUT2D eigenvalue weighted by Gasteiger charge is 2.03. The molecule has 2 amide bonds. The summed E-state index contributed by atoms with van der Waals surface area (Å²) in [6.45, 7) is 2.26. The van der Waals surface area contributed by atoms with E-state index in [2.05, 4.69) is 15.8 Å². The van der Waals surface area contributed by atoms with Gasteiger partial charge in [0.05, 0.1) is 12.8 Å². The van der Waals surface area contributed by atoms with Crippen molar-refractivity contribution in [1.29, 1.82) is 0 Å². The first kappa shape index (κ1) is 16.6. The Morgan fingerprint density at radius 1 is 1.30 bits per heavy atom. The Hall–Kier alpha value is -2.73. The second-order valence-corrected chi connectivity index (χ2v) is 4.93. The van der Waals surface area contributed by atoms with Gasteiger partial charge in [-0.15, -0.1) is 0 Å². The highest BCUT2D eigenvalue weighted by Crippen LogP contribution is 2.26. The van der Waals surface area contributed by atoms with Crippen LogP contribution in [0.5, 0.6) is 11.5 Å². The van der Waals surface area contributed by atoms with Gasteiger partial charge in [0.25, 0.3) is 0 Å². The molecular weight excluding hydrogens is 318 g/mol. The van der Waals surface area contributed by atoms with Crippen LogP contribution < -0.4 is 15.5 Å². The van der Waals surface area contributed by atoms with Gasteiger partial charge in [-0.3, -0.25) is 0 Å². The summed E-state index contributed by atoms with van der Waals surface area (Å²) in [5, 5.41) is 16.6. The molecule has 0 saturated carbocycles. The molecular formula is C16H16ClN3O3. The van der Waals surface area contributed by atoms with Crippen LogP contribution in [0.1, 0.15) is 12.5 Å². The van der Waals surface area contributed by atoms with Gasteiger partial charge in [-0.1, -0.05) is 11.6 Å². The molecule has 2 aromatic carbocycles. The Bertz CT molecular complexity index is 702. The van der Waals surface area contributed by atoms with Crippen LogP contribution in [0, 0.1) is 0 Å². The number of ether oxygens (including phenoxy) is 1. The summed E-state index contributed by atoms with van der Waals surface area (Å²) in [4.78, 5) is 11.7. The van der Waals surface area contributed by atoms with Crippen molar-refractivity contribution in [1.82, 2.24) is 5.43 Å². The average molecular weight is 334 g/mol. The molecule has 0 aliphatic heterocycles. The Kier molecular flexibility index (Phi) is 5.82. The van der Waals surface area contributed by atoms with Crippen LogP contribution in [0.3, 0.4) is 0 Å². The second kappa shape index (κ2) is 8.05. The number of aromatic hydroxyl groups is 1. The standard InChI is InChI=1S/C16H16ClN3O3/c1-2-23-15-9-11(3-8-14(15)21)10-18-20-16(22)19-13-6-4-12(17)5-7-13/h3-10,21H,2H2,1H3,(H2,19,20,22)/b18-10+. The molecule has 6 nitrogen and oxygen atoms in total. The van der Waals surface area contributed by atoms with Gasteiger partial charge in [-0.25, -0.2) is 10.2 Å².